The molecule has 1 aliphatic heterocycles. The summed E-state index contributed by atoms with van der Waals surface area (Å²) in [7, 11) is 0. The second-order valence-corrected chi connectivity index (χ2v) is 6.10. The van der Waals surface area contributed by atoms with Crippen LogP contribution in [0.3, 0.4) is 0 Å². The van der Waals surface area contributed by atoms with Crippen LogP contribution in [0.15, 0.2) is 18.3 Å². The Hall–Kier alpha value is -2.29. The van der Waals surface area contributed by atoms with E-state index >= 15 is 0 Å². The normalized spacial score (nSPS) is 18.2. The minimum atomic E-state index is -0.475. The van der Waals surface area contributed by atoms with E-state index < -0.39 is 5.60 Å². The van der Waals surface area contributed by atoms with Gasteiger partial charge in [0.1, 0.15) is 17.5 Å². The van der Waals surface area contributed by atoms with Gasteiger partial charge in [-0.15, -0.1) is 0 Å². The highest BCUT2D eigenvalue weighted by Gasteiger charge is 2.29. The van der Waals surface area contributed by atoms with Gasteiger partial charge in [0.15, 0.2) is 0 Å². The predicted octanol–water partition coefficient (Wildman–Crippen LogP) is 2.37. The zero-order valence-electron chi connectivity index (χ0n) is 12.6. The second-order valence-electron chi connectivity index (χ2n) is 6.10. The summed E-state index contributed by atoms with van der Waals surface area (Å²) in [5.41, 5.74) is 0.0550. The van der Waals surface area contributed by atoms with E-state index in [1.54, 1.807) is 17.0 Å². The summed E-state index contributed by atoms with van der Waals surface area (Å²) in [6.07, 6.45) is 2.10. The van der Waals surface area contributed by atoms with Crippen LogP contribution < -0.4 is 5.32 Å². The van der Waals surface area contributed by atoms with E-state index in [-0.39, 0.29) is 12.1 Å². The molecule has 0 aliphatic carbocycles. The minimum absolute atomic E-state index is 0.151. The first kappa shape index (κ1) is 15.1. The van der Waals surface area contributed by atoms with E-state index in [0.29, 0.717) is 24.5 Å². The summed E-state index contributed by atoms with van der Waals surface area (Å²) in [5.74, 6) is 0.713. The molecule has 1 N–H and O–H groups in total. The lowest BCUT2D eigenvalue weighted by Crippen LogP contribution is -2.36. The van der Waals surface area contributed by atoms with Crippen LogP contribution in [0.25, 0.3) is 0 Å². The van der Waals surface area contributed by atoms with Gasteiger partial charge in [0.05, 0.1) is 5.56 Å². The van der Waals surface area contributed by atoms with Crippen LogP contribution in [0.5, 0.6) is 0 Å². The maximum atomic E-state index is 12.0. The monoisotopic (exact) mass is 288 g/mol. The average Bonchev–Trinajstić information content (AvgIpc) is 2.86. The fourth-order valence-corrected chi connectivity index (χ4v) is 2.12. The molecular formula is C15H20N4O2. The maximum Gasteiger partial charge on any atom is 0.410 e. The van der Waals surface area contributed by atoms with Crippen molar-refractivity contribution in [3.8, 4) is 6.07 Å². The largest absolute Gasteiger partial charge is 0.444 e. The summed E-state index contributed by atoms with van der Waals surface area (Å²) in [6.45, 7) is 6.84. The third kappa shape index (κ3) is 4.35. The number of aromatic nitrogens is 1. The minimum Gasteiger partial charge on any atom is -0.444 e. The van der Waals surface area contributed by atoms with Gasteiger partial charge in [-0.3, -0.25) is 0 Å². The van der Waals surface area contributed by atoms with Gasteiger partial charge in [-0.2, -0.15) is 5.26 Å². The number of amides is 1. The zero-order chi connectivity index (χ0) is 15.5. The van der Waals surface area contributed by atoms with Crippen molar-refractivity contribution < 1.29 is 9.53 Å². The van der Waals surface area contributed by atoms with Crippen molar-refractivity contribution in [2.45, 2.75) is 38.8 Å². The van der Waals surface area contributed by atoms with Gasteiger partial charge in [-0.05, 0) is 39.3 Å². The molecule has 1 aromatic rings. The van der Waals surface area contributed by atoms with Crippen molar-refractivity contribution in [1.29, 1.82) is 5.26 Å². The van der Waals surface area contributed by atoms with Crippen molar-refractivity contribution in [3.63, 3.8) is 0 Å². The highest BCUT2D eigenvalue weighted by molar-refractivity contribution is 5.68. The smallest absolute Gasteiger partial charge is 0.410 e. The molecule has 1 aliphatic rings. The van der Waals surface area contributed by atoms with Crippen LogP contribution in [0.2, 0.25) is 0 Å². The molecular weight excluding hydrogens is 268 g/mol. The Balaban J connectivity index is 1.87. The first-order chi connectivity index (χ1) is 9.87. The van der Waals surface area contributed by atoms with Crippen LogP contribution in [0.4, 0.5) is 10.6 Å². The molecule has 0 bridgehead atoms. The molecule has 1 saturated heterocycles. The van der Waals surface area contributed by atoms with Gasteiger partial charge in [0.2, 0.25) is 0 Å². The van der Waals surface area contributed by atoms with Crippen LogP contribution in [-0.4, -0.2) is 40.7 Å². The van der Waals surface area contributed by atoms with Gasteiger partial charge >= 0.3 is 6.09 Å². The SMILES string of the molecule is CC(C)(C)OC(=O)N1CCC(Nc2ccc(C#N)cn2)C1. The van der Waals surface area contributed by atoms with Gasteiger partial charge in [-0.25, -0.2) is 9.78 Å². The summed E-state index contributed by atoms with van der Waals surface area (Å²) < 4.78 is 5.36. The zero-order valence-corrected chi connectivity index (χ0v) is 12.6. The average molecular weight is 288 g/mol. The molecule has 1 atom stereocenters. The summed E-state index contributed by atoms with van der Waals surface area (Å²) in [4.78, 5) is 17.8. The number of anilines is 1. The van der Waals surface area contributed by atoms with Crippen molar-refractivity contribution in [1.82, 2.24) is 9.88 Å². The maximum absolute atomic E-state index is 12.0. The molecule has 1 aromatic heterocycles. The lowest BCUT2D eigenvalue weighted by Gasteiger charge is -2.24. The van der Waals surface area contributed by atoms with E-state index in [1.165, 1.54) is 6.20 Å². The van der Waals surface area contributed by atoms with E-state index in [9.17, 15) is 4.79 Å². The molecule has 0 radical (unpaired) electrons. The Morgan fingerprint density at radius 1 is 1.52 bits per heavy atom. The number of hydrogen-bond donors (Lipinski definition) is 1. The quantitative estimate of drug-likeness (QED) is 0.904. The molecule has 21 heavy (non-hydrogen) atoms. The number of likely N-dealkylation sites (tertiary alicyclic amines) is 1. The van der Waals surface area contributed by atoms with Gasteiger partial charge < -0.3 is 15.0 Å². The van der Waals surface area contributed by atoms with Crippen LogP contribution in [0, 0.1) is 11.3 Å². The number of carbonyl (C=O) groups excluding carboxylic acids is 1. The topological polar surface area (TPSA) is 78.2 Å². The number of nitriles is 1. The van der Waals surface area contributed by atoms with Crippen molar-refractivity contribution in [2.75, 3.05) is 18.4 Å². The lowest BCUT2D eigenvalue weighted by molar-refractivity contribution is 0.0293. The highest BCUT2D eigenvalue weighted by atomic mass is 16.6. The number of rotatable bonds is 2. The summed E-state index contributed by atoms with van der Waals surface area (Å²) in [5, 5.41) is 12.0. The Labute approximate surface area is 124 Å². The van der Waals surface area contributed by atoms with Crippen molar-refractivity contribution in [3.05, 3.63) is 23.9 Å². The van der Waals surface area contributed by atoms with E-state index in [0.717, 1.165) is 6.42 Å². The number of nitrogens with one attached hydrogen (secondary N) is 1. The lowest BCUT2D eigenvalue weighted by atomic mass is 10.2. The summed E-state index contributed by atoms with van der Waals surface area (Å²) in [6, 6.07) is 5.67. The van der Waals surface area contributed by atoms with Crippen LogP contribution >= 0.6 is 0 Å². The molecule has 0 aromatic carbocycles. The molecule has 0 saturated carbocycles. The Morgan fingerprint density at radius 3 is 2.86 bits per heavy atom. The molecule has 1 amide bonds. The van der Waals surface area contributed by atoms with Gasteiger partial charge in [0, 0.05) is 25.3 Å². The number of nitrogens with zero attached hydrogens (tertiary/aromatic N) is 3. The molecule has 6 heteroatoms. The van der Waals surface area contributed by atoms with E-state index in [4.69, 9.17) is 10.00 Å². The molecule has 0 spiro atoms. The van der Waals surface area contributed by atoms with Crippen molar-refractivity contribution in [2.24, 2.45) is 0 Å². The van der Waals surface area contributed by atoms with Crippen LogP contribution in [0.1, 0.15) is 32.8 Å². The molecule has 2 rings (SSSR count). The predicted molar refractivity (Wildman–Crippen MR) is 78.8 cm³/mol. The first-order valence-electron chi connectivity index (χ1n) is 6.98. The number of pyridine rings is 1. The Bertz CT molecular complexity index is 542. The molecule has 1 unspecified atom stereocenters. The third-order valence-electron chi connectivity index (χ3n) is 3.08. The fourth-order valence-electron chi connectivity index (χ4n) is 2.12. The molecule has 1 fully saturated rings. The second kappa shape index (κ2) is 6.00. The molecule has 6 nitrogen and oxygen atoms in total. The fraction of sp³-hybridized carbons (Fsp3) is 0.533. The van der Waals surface area contributed by atoms with Gasteiger partial charge in [-0.1, -0.05) is 0 Å². The molecule has 2 heterocycles. The highest BCUT2D eigenvalue weighted by Crippen LogP contribution is 2.18. The Morgan fingerprint density at radius 2 is 2.29 bits per heavy atom. The summed E-state index contributed by atoms with van der Waals surface area (Å²) >= 11 is 0. The standard InChI is InChI=1S/C15H20N4O2/c1-15(2,3)21-14(20)19-7-6-12(10-19)18-13-5-4-11(8-16)9-17-13/h4-5,9,12H,6-7,10H2,1-3H3,(H,17,18). The Kier molecular flexibility index (Phi) is 4.32. The van der Waals surface area contributed by atoms with E-state index in [2.05, 4.69) is 10.3 Å². The number of ether oxygens (including phenoxy) is 1. The molecule has 112 valence electrons. The van der Waals surface area contributed by atoms with E-state index in [1.807, 2.05) is 26.8 Å². The van der Waals surface area contributed by atoms with Crippen LogP contribution in [-0.2, 0) is 4.74 Å². The van der Waals surface area contributed by atoms with Gasteiger partial charge in [0.25, 0.3) is 0 Å². The van der Waals surface area contributed by atoms with Crippen molar-refractivity contribution >= 4 is 11.9 Å². The third-order valence-corrected chi connectivity index (χ3v) is 3.08. The first-order valence-corrected chi connectivity index (χ1v) is 6.98. The number of hydrogen-bond acceptors (Lipinski definition) is 5. The number of carbonyl (C=O) groups is 1.